The highest BCUT2D eigenvalue weighted by molar-refractivity contribution is 5.89. The molecule has 0 saturated heterocycles. The van der Waals surface area contributed by atoms with Crippen molar-refractivity contribution in [1.29, 1.82) is 0 Å². The number of nitrogens with one attached hydrogen (secondary N) is 4. The van der Waals surface area contributed by atoms with Gasteiger partial charge in [0.1, 0.15) is 11.8 Å². The van der Waals surface area contributed by atoms with Gasteiger partial charge in [-0.1, -0.05) is 48.5 Å². The number of hydrogen-bond donors (Lipinski definition) is 4. The smallest absolute Gasteiger partial charge is 0.335 e. The number of ether oxygens (including phenoxy) is 1. The van der Waals surface area contributed by atoms with E-state index in [4.69, 9.17) is 4.74 Å². The fraction of sp³-hybridized carbons (Fsp3) is 0.240. The summed E-state index contributed by atoms with van der Waals surface area (Å²) < 4.78 is 5.06. The Hall–Kier alpha value is -4.07. The number of fused-ring (bicyclic) bond motifs is 1. The molecule has 0 fully saturated rings. The van der Waals surface area contributed by atoms with E-state index in [0.29, 0.717) is 25.1 Å². The normalized spacial score (nSPS) is 12.5. The van der Waals surface area contributed by atoms with Crippen molar-refractivity contribution >= 4 is 29.1 Å². The molecule has 0 saturated carbocycles. The van der Waals surface area contributed by atoms with Crippen LogP contribution in [0.5, 0.6) is 0 Å². The van der Waals surface area contributed by atoms with Gasteiger partial charge >= 0.3 is 6.03 Å². The Labute approximate surface area is 193 Å². The van der Waals surface area contributed by atoms with Crippen LogP contribution in [0, 0.1) is 0 Å². The summed E-state index contributed by atoms with van der Waals surface area (Å²) in [5.41, 5.74) is 5.42. The zero-order valence-corrected chi connectivity index (χ0v) is 18.8. The van der Waals surface area contributed by atoms with E-state index in [9.17, 15) is 9.59 Å². The summed E-state index contributed by atoms with van der Waals surface area (Å²) >= 11 is 0. The van der Waals surface area contributed by atoms with Crippen molar-refractivity contribution in [2.75, 3.05) is 13.7 Å². The van der Waals surface area contributed by atoms with Gasteiger partial charge in [-0.15, -0.1) is 0 Å². The number of carbonyl (C=O) groups excluding carboxylic acids is 2. The maximum atomic E-state index is 13.0. The molecule has 0 aliphatic carbocycles. The number of nitrogens with zero attached hydrogens (tertiary/aromatic N) is 1. The molecule has 8 nitrogen and oxygen atoms in total. The van der Waals surface area contributed by atoms with Gasteiger partial charge < -0.3 is 20.4 Å². The number of methoxy groups -OCH3 is 1. The fourth-order valence-electron chi connectivity index (χ4n) is 3.42. The molecule has 8 heteroatoms. The van der Waals surface area contributed by atoms with Crippen molar-refractivity contribution in [2.45, 2.75) is 25.8 Å². The number of aromatic amines is 1. The molecule has 2 aromatic carbocycles. The van der Waals surface area contributed by atoms with Crippen molar-refractivity contribution in [1.82, 2.24) is 21.0 Å². The molecule has 0 aliphatic rings. The highest BCUT2D eigenvalue weighted by Crippen LogP contribution is 2.19. The third-order valence-corrected chi connectivity index (χ3v) is 5.15. The van der Waals surface area contributed by atoms with Crippen LogP contribution in [0.15, 0.2) is 77.7 Å². The first kappa shape index (κ1) is 23.6. The molecule has 172 valence electrons. The van der Waals surface area contributed by atoms with Crippen molar-refractivity contribution in [3.8, 4) is 0 Å². The third kappa shape index (κ3) is 6.96. The maximum Gasteiger partial charge on any atom is 0.335 e. The van der Waals surface area contributed by atoms with Crippen LogP contribution in [-0.2, 0) is 22.4 Å². The van der Waals surface area contributed by atoms with Crippen LogP contribution >= 0.6 is 0 Å². The van der Waals surface area contributed by atoms with Gasteiger partial charge in [0.05, 0.1) is 13.3 Å². The largest absolute Gasteiger partial charge is 0.495 e. The van der Waals surface area contributed by atoms with E-state index in [-0.39, 0.29) is 5.91 Å². The van der Waals surface area contributed by atoms with Gasteiger partial charge in [-0.3, -0.25) is 4.79 Å². The summed E-state index contributed by atoms with van der Waals surface area (Å²) in [7, 11) is 1.51. The number of urea groups is 1. The summed E-state index contributed by atoms with van der Waals surface area (Å²) in [4.78, 5) is 28.6. The molecule has 1 aromatic heterocycles. The minimum absolute atomic E-state index is 0.263. The standard InChI is InChI=1S/C25H29N5O3/c1-3-20(33-2)17-28-30-25(32)29-23(15-19-16-27-22-12-8-7-11-21(19)22)24(31)26-14-13-18-9-5-4-6-10-18/h3-12,16-17,23,27H,13-15H2,1-2H3,(H,26,31)(H2,29,30,32)/b20-3-,28-17+/t23-/m1/s1. The topological polar surface area (TPSA) is 108 Å². The van der Waals surface area contributed by atoms with E-state index in [1.807, 2.05) is 60.8 Å². The number of H-pyrrole nitrogens is 1. The Balaban J connectivity index is 1.66. The summed E-state index contributed by atoms with van der Waals surface area (Å²) in [6, 6.07) is 16.4. The highest BCUT2D eigenvalue weighted by atomic mass is 16.5. The van der Waals surface area contributed by atoms with Gasteiger partial charge in [-0.25, -0.2) is 10.2 Å². The molecule has 0 unspecified atom stereocenters. The molecule has 33 heavy (non-hydrogen) atoms. The van der Waals surface area contributed by atoms with Crippen LogP contribution in [-0.4, -0.2) is 42.8 Å². The van der Waals surface area contributed by atoms with E-state index >= 15 is 0 Å². The van der Waals surface area contributed by atoms with Crippen LogP contribution in [0.4, 0.5) is 4.79 Å². The van der Waals surface area contributed by atoms with Gasteiger partial charge in [0.15, 0.2) is 0 Å². The lowest BCUT2D eigenvalue weighted by atomic mass is 10.0. The van der Waals surface area contributed by atoms with E-state index in [2.05, 4.69) is 26.1 Å². The quantitative estimate of drug-likeness (QED) is 0.218. The summed E-state index contributed by atoms with van der Waals surface area (Å²) in [6.45, 7) is 2.26. The Kier molecular flexibility index (Phi) is 8.64. The van der Waals surface area contributed by atoms with Gasteiger partial charge in [0.2, 0.25) is 5.91 Å². The lowest BCUT2D eigenvalue weighted by Crippen LogP contribution is -2.50. The second-order valence-electron chi connectivity index (χ2n) is 7.38. The number of rotatable bonds is 10. The Bertz CT molecular complexity index is 1120. The van der Waals surface area contributed by atoms with Gasteiger partial charge in [-0.05, 0) is 36.6 Å². The number of benzene rings is 2. The molecule has 4 N–H and O–H groups in total. The Morgan fingerprint density at radius 3 is 2.64 bits per heavy atom. The fourth-order valence-corrected chi connectivity index (χ4v) is 3.42. The second-order valence-corrected chi connectivity index (χ2v) is 7.38. The monoisotopic (exact) mass is 447 g/mol. The first-order valence-corrected chi connectivity index (χ1v) is 10.8. The third-order valence-electron chi connectivity index (χ3n) is 5.15. The first-order valence-electron chi connectivity index (χ1n) is 10.8. The van der Waals surface area contributed by atoms with Crippen LogP contribution in [0.1, 0.15) is 18.1 Å². The molecule has 0 bridgehead atoms. The van der Waals surface area contributed by atoms with E-state index in [1.165, 1.54) is 13.3 Å². The molecule has 3 rings (SSSR count). The maximum absolute atomic E-state index is 13.0. The van der Waals surface area contributed by atoms with E-state index < -0.39 is 12.1 Å². The number of amides is 3. The summed E-state index contributed by atoms with van der Waals surface area (Å²) in [5, 5.41) is 10.5. The average molecular weight is 448 g/mol. The highest BCUT2D eigenvalue weighted by Gasteiger charge is 2.22. The number of carbonyl (C=O) groups is 2. The molecular weight excluding hydrogens is 418 g/mol. The van der Waals surface area contributed by atoms with Gasteiger partial charge in [-0.2, -0.15) is 5.10 Å². The number of aromatic nitrogens is 1. The van der Waals surface area contributed by atoms with Crippen molar-refractivity contribution < 1.29 is 14.3 Å². The minimum atomic E-state index is -0.779. The Morgan fingerprint density at radius 2 is 1.88 bits per heavy atom. The first-order chi connectivity index (χ1) is 16.1. The molecular formula is C25H29N5O3. The number of allylic oxidation sites excluding steroid dienone is 2. The lowest BCUT2D eigenvalue weighted by Gasteiger charge is -2.18. The molecule has 1 atom stereocenters. The average Bonchev–Trinajstić information content (AvgIpc) is 3.25. The molecule has 0 radical (unpaired) electrons. The van der Waals surface area contributed by atoms with Crippen LogP contribution < -0.4 is 16.1 Å². The second kappa shape index (κ2) is 12.1. The van der Waals surface area contributed by atoms with Gasteiger partial charge in [0, 0.05) is 30.1 Å². The number of para-hydroxylation sites is 1. The zero-order chi connectivity index (χ0) is 23.5. The molecule has 1 heterocycles. The van der Waals surface area contributed by atoms with E-state index in [0.717, 1.165) is 22.0 Å². The predicted octanol–water partition coefficient (Wildman–Crippen LogP) is 3.27. The van der Waals surface area contributed by atoms with Crippen molar-refractivity contribution in [2.24, 2.45) is 5.10 Å². The lowest BCUT2D eigenvalue weighted by molar-refractivity contribution is -0.122. The Morgan fingerprint density at radius 1 is 1.12 bits per heavy atom. The van der Waals surface area contributed by atoms with Gasteiger partial charge in [0.25, 0.3) is 0 Å². The summed E-state index contributed by atoms with van der Waals surface area (Å²) in [5.74, 6) is 0.241. The number of hydrogen-bond acceptors (Lipinski definition) is 4. The molecule has 3 amide bonds. The van der Waals surface area contributed by atoms with Crippen LogP contribution in [0.25, 0.3) is 10.9 Å². The predicted molar refractivity (Wildman–Crippen MR) is 130 cm³/mol. The SMILES string of the molecule is C/C=C(/C=N/NC(=O)N[C@H](Cc1c[nH]c2ccccc12)C(=O)NCCc1ccccc1)OC. The summed E-state index contributed by atoms with van der Waals surface area (Å²) in [6.07, 6.45) is 5.99. The van der Waals surface area contributed by atoms with Crippen molar-refractivity contribution in [3.63, 3.8) is 0 Å². The molecule has 3 aromatic rings. The van der Waals surface area contributed by atoms with Crippen LogP contribution in [0.2, 0.25) is 0 Å². The zero-order valence-electron chi connectivity index (χ0n) is 18.8. The molecule has 0 aliphatic heterocycles. The van der Waals surface area contributed by atoms with E-state index in [1.54, 1.807) is 13.0 Å². The van der Waals surface area contributed by atoms with Crippen molar-refractivity contribution in [3.05, 3.63) is 83.8 Å². The minimum Gasteiger partial charge on any atom is -0.495 e. The molecule has 0 spiro atoms. The number of hydrazone groups is 1. The van der Waals surface area contributed by atoms with Crippen LogP contribution in [0.3, 0.4) is 0 Å².